The number of amides is 1. The molecule has 0 radical (unpaired) electrons. The zero-order valence-electron chi connectivity index (χ0n) is 11.0. The van der Waals surface area contributed by atoms with Gasteiger partial charge < -0.3 is 15.4 Å². The third kappa shape index (κ3) is 6.80. The second-order valence-electron chi connectivity index (χ2n) is 4.60. The summed E-state index contributed by atoms with van der Waals surface area (Å²) >= 11 is 0. The van der Waals surface area contributed by atoms with Gasteiger partial charge in [-0.05, 0) is 12.3 Å². The van der Waals surface area contributed by atoms with Gasteiger partial charge in [0.25, 0.3) is 0 Å². The highest BCUT2D eigenvalue weighted by atomic mass is 16.5. The molecule has 16 heavy (non-hydrogen) atoms. The molecule has 1 amide bonds. The highest BCUT2D eigenvalue weighted by Gasteiger charge is 2.16. The maximum Gasteiger partial charge on any atom is 0.224 e. The van der Waals surface area contributed by atoms with E-state index in [2.05, 4.69) is 13.8 Å². The quantitative estimate of drug-likeness (QED) is 0.682. The number of rotatable bonds is 8. The molecule has 0 bridgehead atoms. The summed E-state index contributed by atoms with van der Waals surface area (Å²) in [5, 5.41) is 0. The van der Waals surface area contributed by atoms with E-state index in [4.69, 9.17) is 10.5 Å². The number of methoxy groups -OCH3 is 1. The van der Waals surface area contributed by atoms with E-state index in [0.717, 1.165) is 13.0 Å². The lowest BCUT2D eigenvalue weighted by molar-refractivity contribution is -0.132. The minimum absolute atomic E-state index is 0.0234. The van der Waals surface area contributed by atoms with Crippen molar-refractivity contribution in [3.05, 3.63) is 0 Å². The zero-order valence-corrected chi connectivity index (χ0v) is 11.0. The SMILES string of the molecule is CCC(N)CC(=O)N(CCOC)CC(C)C. The summed E-state index contributed by atoms with van der Waals surface area (Å²) < 4.78 is 5.01. The van der Waals surface area contributed by atoms with Crippen molar-refractivity contribution in [2.45, 2.75) is 39.7 Å². The minimum Gasteiger partial charge on any atom is -0.383 e. The third-order valence-corrected chi connectivity index (χ3v) is 2.46. The van der Waals surface area contributed by atoms with Crippen LogP contribution in [0.3, 0.4) is 0 Å². The number of carbonyl (C=O) groups is 1. The molecular formula is C12H26N2O2. The smallest absolute Gasteiger partial charge is 0.224 e. The van der Waals surface area contributed by atoms with Crippen LogP contribution in [0.25, 0.3) is 0 Å². The Kier molecular flexibility index (Phi) is 8.21. The fourth-order valence-corrected chi connectivity index (χ4v) is 1.46. The molecule has 4 heteroatoms. The van der Waals surface area contributed by atoms with E-state index >= 15 is 0 Å². The van der Waals surface area contributed by atoms with E-state index < -0.39 is 0 Å². The molecule has 0 rings (SSSR count). The Morgan fingerprint density at radius 1 is 1.44 bits per heavy atom. The van der Waals surface area contributed by atoms with Gasteiger partial charge in [-0.25, -0.2) is 0 Å². The first-order valence-corrected chi connectivity index (χ1v) is 6.03. The summed E-state index contributed by atoms with van der Waals surface area (Å²) in [5.74, 6) is 0.610. The van der Waals surface area contributed by atoms with Gasteiger partial charge in [-0.3, -0.25) is 4.79 Å². The summed E-state index contributed by atoms with van der Waals surface area (Å²) in [6.45, 7) is 8.22. The third-order valence-electron chi connectivity index (χ3n) is 2.46. The number of hydrogen-bond donors (Lipinski definition) is 1. The highest BCUT2D eigenvalue weighted by molar-refractivity contribution is 5.76. The van der Waals surface area contributed by atoms with Crippen LogP contribution in [0.4, 0.5) is 0 Å². The maximum atomic E-state index is 11.9. The first-order valence-electron chi connectivity index (χ1n) is 6.03. The van der Waals surface area contributed by atoms with Gasteiger partial charge >= 0.3 is 0 Å². The van der Waals surface area contributed by atoms with E-state index in [9.17, 15) is 4.79 Å². The molecule has 0 saturated heterocycles. The molecule has 0 aromatic rings. The van der Waals surface area contributed by atoms with Crippen molar-refractivity contribution in [2.24, 2.45) is 11.7 Å². The number of hydrogen-bond acceptors (Lipinski definition) is 3. The van der Waals surface area contributed by atoms with E-state index in [1.54, 1.807) is 7.11 Å². The molecule has 1 unspecified atom stereocenters. The Morgan fingerprint density at radius 3 is 2.50 bits per heavy atom. The number of carbonyl (C=O) groups excluding carboxylic acids is 1. The molecule has 1 atom stereocenters. The summed E-state index contributed by atoms with van der Waals surface area (Å²) in [4.78, 5) is 13.8. The summed E-state index contributed by atoms with van der Waals surface area (Å²) in [6.07, 6.45) is 1.28. The summed E-state index contributed by atoms with van der Waals surface area (Å²) in [6, 6.07) is -0.0234. The predicted octanol–water partition coefficient (Wildman–Crippen LogP) is 1.24. The van der Waals surface area contributed by atoms with Crippen molar-refractivity contribution in [1.29, 1.82) is 0 Å². The Labute approximate surface area is 99.1 Å². The molecule has 0 aliphatic carbocycles. The van der Waals surface area contributed by atoms with Crippen molar-refractivity contribution < 1.29 is 9.53 Å². The van der Waals surface area contributed by atoms with E-state index in [0.29, 0.717) is 25.5 Å². The minimum atomic E-state index is -0.0234. The topological polar surface area (TPSA) is 55.6 Å². The Hall–Kier alpha value is -0.610. The van der Waals surface area contributed by atoms with Crippen molar-refractivity contribution in [2.75, 3.05) is 26.8 Å². The van der Waals surface area contributed by atoms with Crippen LogP contribution in [0.2, 0.25) is 0 Å². The molecule has 0 saturated carbocycles. The van der Waals surface area contributed by atoms with E-state index in [1.165, 1.54) is 0 Å². The predicted molar refractivity (Wildman–Crippen MR) is 66.2 cm³/mol. The first-order chi connectivity index (χ1) is 7.51. The van der Waals surface area contributed by atoms with Crippen LogP contribution in [0.15, 0.2) is 0 Å². The molecule has 0 aliphatic heterocycles. The Morgan fingerprint density at radius 2 is 2.06 bits per heavy atom. The Bertz CT molecular complexity index is 195. The van der Waals surface area contributed by atoms with Crippen LogP contribution >= 0.6 is 0 Å². The zero-order chi connectivity index (χ0) is 12.6. The Balaban J connectivity index is 4.19. The van der Waals surface area contributed by atoms with Gasteiger partial charge in [-0.2, -0.15) is 0 Å². The first kappa shape index (κ1) is 15.4. The monoisotopic (exact) mass is 230 g/mol. The summed E-state index contributed by atoms with van der Waals surface area (Å²) in [5.41, 5.74) is 5.79. The molecule has 0 heterocycles. The largest absolute Gasteiger partial charge is 0.383 e. The molecule has 0 aliphatic rings. The second-order valence-corrected chi connectivity index (χ2v) is 4.60. The van der Waals surface area contributed by atoms with Gasteiger partial charge in [-0.1, -0.05) is 20.8 Å². The van der Waals surface area contributed by atoms with Crippen LogP contribution in [0.1, 0.15) is 33.6 Å². The number of nitrogens with zero attached hydrogens (tertiary/aromatic N) is 1. The van der Waals surface area contributed by atoms with Crippen LogP contribution in [0.5, 0.6) is 0 Å². The van der Waals surface area contributed by atoms with Crippen LogP contribution < -0.4 is 5.73 Å². The molecule has 4 nitrogen and oxygen atoms in total. The lowest BCUT2D eigenvalue weighted by Crippen LogP contribution is -2.39. The molecule has 96 valence electrons. The standard InChI is InChI=1S/C12H26N2O2/c1-5-11(13)8-12(15)14(6-7-16-4)9-10(2)3/h10-11H,5-9,13H2,1-4H3. The average molecular weight is 230 g/mol. The number of nitrogens with two attached hydrogens (primary N) is 1. The fraction of sp³-hybridized carbons (Fsp3) is 0.917. The molecule has 0 spiro atoms. The molecular weight excluding hydrogens is 204 g/mol. The summed E-state index contributed by atoms with van der Waals surface area (Å²) in [7, 11) is 1.65. The molecule has 0 aromatic carbocycles. The van der Waals surface area contributed by atoms with Crippen LogP contribution in [0, 0.1) is 5.92 Å². The highest BCUT2D eigenvalue weighted by Crippen LogP contribution is 2.04. The number of ether oxygens (including phenoxy) is 1. The maximum absolute atomic E-state index is 11.9. The van der Waals surface area contributed by atoms with Crippen LogP contribution in [-0.4, -0.2) is 43.7 Å². The van der Waals surface area contributed by atoms with E-state index in [-0.39, 0.29) is 11.9 Å². The van der Waals surface area contributed by atoms with Gasteiger partial charge in [0.05, 0.1) is 6.61 Å². The fourth-order valence-electron chi connectivity index (χ4n) is 1.46. The van der Waals surface area contributed by atoms with Gasteiger partial charge in [0, 0.05) is 32.7 Å². The molecule has 0 aromatic heterocycles. The van der Waals surface area contributed by atoms with Crippen molar-refractivity contribution in [1.82, 2.24) is 4.90 Å². The van der Waals surface area contributed by atoms with Gasteiger partial charge in [0.2, 0.25) is 5.91 Å². The van der Waals surface area contributed by atoms with Gasteiger partial charge in [-0.15, -0.1) is 0 Å². The van der Waals surface area contributed by atoms with Gasteiger partial charge in [0.15, 0.2) is 0 Å². The molecule has 0 fully saturated rings. The lowest BCUT2D eigenvalue weighted by Gasteiger charge is -2.25. The normalized spacial score (nSPS) is 12.9. The van der Waals surface area contributed by atoms with E-state index in [1.807, 2.05) is 11.8 Å². The van der Waals surface area contributed by atoms with Crippen molar-refractivity contribution in [3.63, 3.8) is 0 Å². The van der Waals surface area contributed by atoms with Crippen LogP contribution in [-0.2, 0) is 9.53 Å². The molecule has 2 N–H and O–H groups in total. The average Bonchev–Trinajstić information content (AvgIpc) is 2.23. The lowest BCUT2D eigenvalue weighted by atomic mass is 10.1. The van der Waals surface area contributed by atoms with Gasteiger partial charge in [0.1, 0.15) is 0 Å². The second kappa shape index (κ2) is 8.53. The van der Waals surface area contributed by atoms with Crippen molar-refractivity contribution in [3.8, 4) is 0 Å². The van der Waals surface area contributed by atoms with Crippen molar-refractivity contribution >= 4 is 5.91 Å².